The summed E-state index contributed by atoms with van der Waals surface area (Å²) in [6.07, 6.45) is -5.67. The predicted octanol–water partition coefficient (Wildman–Crippen LogP) is 8.65. The Morgan fingerprint density at radius 1 is 0.895 bits per heavy atom. The van der Waals surface area contributed by atoms with Crippen molar-refractivity contribution in [1.82, 2.24) is 15.1 Å². The molecule has 0 saturated carbocycles. The lowest BCUT2D eigenvalue weighted by Crippen LogP contribution is -2.50. The van der Waals surface area contributed by atoms with Gasteiger partial charge in [0.25, 0.3) is 0 Å². The van der Waals surface area contributed by atoms with Crippen molar-refractivity contribution in [3.8, 4) is 11.1 Å². The molecular formula is C46H48F3N3O5. The monoisotopic (exact) mass is 779 g/mol. The highest BCUT2D eigenvalue weighted by atomic mass is 19.4. The van der Waals surface area contributed by atoms with Crippen LogP contribution in [-0.2, 0) is 32.2 Å². The first-order valence-corrected chi connectivity index (χ1v) is 19.4. The lowest BCUT2D eigenvalue weighted by Gasteiger charge is -2.43. The zero-order valence-electron chi connectivity index (χ0n) is 32.3. The fourth-order valence-corrected chi connectivity index (χ4v) is 8.01. The number of carbonyl (C=O) groups excluding carboxylic acids is 2. The first-order valence-electron chi connectivity index (χ1n) is 19.4. The number of aliphatic hydroxyl groups is 1. The van der Waals surface area contributed by atoms with E-state index in [-0.39, 0.29) is 50.3 Å². The molecule has 2 amide bonds. The van der Waals surface area contributed by atoms with Crippen LogP contribution in [0.2, 0.25) is 0 Å². The Hall–Kier alpha value is -5.07. The van der Waals surface area contributed by atoms with Crippen molar-refractivity contribution in [2.45, 2.75) is 76.6 Å². The highest BCUT2D eigenvalue weighted by molar-refractivity contribution is 5.90. The summed E-state index contributed by atoms with van der Waals surface area (Å²) >= 11 is 0. The van der Waals surface area contributed by atoms with E-state index in [1.165, 1.54) is 16.3 Å². The van der Waals surface area contributed by atoms with Crippen molar-refractivity contribution in [2.24, 2.45) is 5.92 Å². The minimum Gasteiger partial charge on any atom is -0.392 e. The maximum atomic E-state index is 13.2. The SMILES string of the molecule is CC1C(CN(C)C(C)c2ccc3ccccc3c2)OC(c2ccc(-c3ccccc3CNC(=O)C3CCCN3C(=O)C(F)(F)F)cc2)OC1c1ccc(CO)cc1. The number of benzene rings is 5. The summed E-state index contributed by atoms with van der Waals surface area (Å²) < 4.78 is 53.0. The zero-order valence-corrected chi connectivity index (χ0v) is 32.3. The van der Waals surface area contributed by atoms with Crippen molar-refractivity contribution in [1.29, 1.82) is 0 Å². The zero-order chi connectivity index (χ0) is 40.3. The summed E-state index contributed by atoms with van der Waals surface area (Å²) in [4.78, 5) is 27.9. The molecule has 6 unspecified atom stereocenters. The van der Waals surface area contributed by atoms with Crippen LogP contribution in [0.5, 0.6) is 0 Å². The van der Waals surface area contributed by atoms with Crippen LogP contribution in [0.3, 0.4) is 0 Å². The minimum absolute atomic E-state index is 0.00302. The van der Waals surface area contributed by atoms with E-state index in [2.05, 4.69) is 67.5 Å². The smallest absolute Gasteiger partial charge is 0.392 e. The molecule has 2 heterocycles. The fraction of sp³-hybridized carbons (Fsp3) is 0.348. The van der Waals surface area contributed by atoms with E-state index in [9.17, 15) is 27.9 Å². The summed E-state index contributed by atoms with van der Waals surface area (Å²) in [6, 6.07) is 37.1. The van der Waals surface area contributed by atoms with E-state index in [0.717, 1.165) is 33.4 Å². The molecule has 2 N–H and O–H groups in total. The summed E-state index contributed by atoms with van der Waals surface area (Å²) in [7, 11) is 2.12. The number of alkyl halides is 3. The van der Waals surface area contributed by atoms with Crippen molar-refractivity contribution >= 4 is 22.6 Å². The fourth-order valence-electron chi connectivity index (χ4n) is 8.01. The van der Waals surface area contributed by atoms with Gasteiger partial charge in [-0.1, -0.05) is 116 Å². The molecule has 2 aliphatic rings. The van der Waals surface area contributed by atoms with Gasteiger partial charge >= 0.3 is 12.1 Å². The number of aliphatic hydroxyl groups excluding tert-OH is 1. The molecule has 7 rings (SSSR count). The number of nitrogens with one attached hydrogen (secondary N) is 1. The Balaban J connectivity index is 1.08. The van der Waals surface area contributed by atoms with Gasteiger partial charge < -0.3 is 24.8 Å². The maximum Gasteiger partial charge on any atom is 0.471 e. The van der Waals surface area contributed by atoms with Crippen LogP contribution in [0.1, 0.15) is 72.9 Å². The normalized spacial score (nSPS) is 21.8. The largest absolute Gasteiger partial charge is 0.471 e. The van der Waals surface area contributed by atoms with Crippen LogP contribution >= 0.6 is 0 Å². The Morgan fingerprint density at radius 2 is 1.58 bits per heavy atom. The van der Waals surface area contributed by atoms with Crippen LogP contribution in [0, 0.1) is 5.92 Å². The second kappa shape index (κ2) is 17.2. The molecule has 0 bridgehead atoms. The summed E-state index contributed by atoms with van der Waals surface area (Å²) in [5.41, 5.74) is 6.37. The summed E-state index contributed by atoms with van der Waals surface area (Å²) in [5, 5.41) is 14.9. The Bertz CT molecular complexity index is 2180. The standard InChI is InChI=1S/C46H48F3N3O5/c1-29-41(27-51(3)30(2)36-23-18-32-9-4-5-10-37(32)25-36)56-44(57-42(29)34-16-14-31(28-53)15-17-34)35-21-19-33(20-22-35)39-12-7-6-11-38(39)26-50-43(54)40-13-8-24-52(40)45(55)46(47,48)49/h4-7,9-12,14-23,25,29-30,40-42,44,53H,8,13,24,26-28H2,1-3H3,(H,50,54). The van der Waals surface area contributed by atoms with Gasteiger partial charge in [0.05, 0.1) is 18.8 Å². The van der Waals surface area contributed by atoms with Gasteiger partial charge in [-0.3, -0.25) is 14.5 Å². The number of rotatable bonds is 11. The third-order valence-electron chi connectivity index (χ3n) is 11.5. The third-order valence-corrected chi connectivity index (χ3v) is 11.5. The molecule has 2 saturated heterocycles. The number of likely N-dealkylation sites (N-methyl/N-ethyl adjacent to an activating group) is 1. The predicted molar refractivity (Wildman–Crippen MR) is 212 cm³/mol. The van der Waals surface area contributed by atoms with Gasteiger partial charge in [0.15, 0.2) is 6.29 Å². The van der Waals surface area contributed by atoms with Crippen molar-refractivity contribution < 1.29 is 37.3 Å². The average Bonchev–Trinajstić information content (AvgIpc) is 3.73. The summed E-state index contributed by atoms with van der Waals surface area (Å²) in [6.45, 7) is 4.94. The minimum atomic E-state index is -5.03. The third kappa shape index (κ3) is 8.92. The molecule has 5 aromatic rings. The Labute approximate surface area is 331 Å². The van der Waals surface area contributed by atoms with E-state index >= 15 is 0 Å². The number of ether oxygens (including phenoxy) is 2. The Morgan fingerprint density at radius 3 is 2.30 bits per heavy atom. The van der Waals surface area contributed by atoms with E-state index < -0.39 is 30.3 Å². The molecule has 8 nitrogen and oxygen atoms in total. The number of likely N-dealkylation sites (tertiary alicyclic amines) is 1. The number of amides is 2. The first kappa shape index (κ1) is 40.1. The number of nitrogens with zero attached hydrogens (tertiary/aromatic N) is 2. The molecule has 298 valence electrons. The average molecular weight is 780 g/mol. The number of carbonyl (C=O) groups is 2. The van der Waals surface area contributed by atoms with Crippen molar-refractivity contribution in [2.75, 3.05) is 20.1 Å². The number of fused-ring (bicyclic) bond motifs is 1. The van der Waals surface area contributed by atoms with Gasteiger partial charge in [-0.25, -0.2) is 0 Å². The topological polar surface area (TPSA) is 91.3 Å². The van der Waals surface area contributed by atoms with Crippen molar-refractivity contribution in [3.05, 3.63) is 143 Å². The van der Waals surface area contributed by atoms with E-state index in [1.54, 1.807) is 0 Å². The molecule has 2 fully saturated rings. The molecule has 6 atom stereocenters. The molecule has 0 aliphatic carbocycles. The van der Waals surface area contributed by atoms with Gasteiger partial charge in [0.1, 0.15) is 6.04 Å². The van der Waals surface area contributed by atoms with Crippen LogP contribution in [0.15, 0.2) is 115 Å². The number of hydrogen-bond donors (Lipinski definition) is 2. The first-order chi connectivity index (χ1) is 27.4. The van der Waals surface area contributed by atoms with Gasteiger partial charge in [-0.2, -0.15) is 13.2 Å². The lowest BCUT2D eigenvalue weighted by molar-refractivity contribution is -0.276. The molecule has 0 radical (unpaired) electrons. The van der Waals surface area contributed by atoms with Crippen LogP contribution in [-0.4, -0.2) is 65.2 Å². The van der Waals surface area contributed by atoms with Gasteiger partial charge in [-0.05, 0) is 77.0 Å². The molecule has 0 aromatic heterocycles. The molecule has 57 heavy (non-hydrogen) atoms. The Kier molecular flexibility index (Phi) is 12.1. The molecule has 5 aromatic carbocycles. The van der Waals surface area contributed by atoms with Gasteiger partial charge in [-0.15, -0.1) is 0 Å². The second-order valence-electron chi connectivity index (χ2n) is 15.2. The molecule has 11 heteroatoms. The van der Waals surface area contributed by atoms with Gasteiger partial charge in [0.2, 0.25) is 5.91 Å². The number of hydrogen-bond acceptors (Lipinski definition) is 6. The van der Waals surface area contributed by atoms with Gasteiger partial charge in [0, 0.05) is 37.2 Å². The van der Waals surface area contributed by atoms with E-state index in [4.69, 9.17) is 9.47 Å². The van der Waals surface area contributed by atoms with Crippen LogP contribution in [0.25, 0.3) is 21.9 Å². The maximum absolute atomic E-state index is 13.2. The lowest BCUT2D eigenvalue weighted by atomic mass is 9.89. The molecule has 2 aliphatic heterocycles. The quantitative estimate of drug-likeness (QED) is 0.140. The highest BCUT2D eigenvalue weighted by Gasteiger charge is 2.47. The second-order valence-corrected chi connectivity index (χ2v) is 15.2. The number of halogens is 3. The highest BCUT2D eigenvalue weighted by Crippen LogP contribution is 2.43. The van der Waals surface area contributed by atoms with Crippen molar-refractivity contribution in [3.63, 3.8) is 0 Å². The molecule has 0 spiro atoms. The summed E-state index contributed by atoms with van der Waals surface area (Å²) in [5.74, 6) is -2.60. The van der Waals surface area contributed by atoms with E-state index in [0.29, 0.717) is 17.9 Å². The molecular weight excluding hydrogens is 732 g/mol. The van der Waals surface area contributed by atoms with Crippen LogP contribution in [0.4, 0.5) is 13.2 Å². The van der Waals surface area contributed by atoms with E-state index in [1.807, 2.05) is 78.9 Å². The van der Waals surface area contributed by atoms with Crippen LogP contribution < -0.4 is 5.32 Å².